The molecule has 0 rings (SSSR count). The Morgan fingerprint density at radius 1 is 1.67 bits per heavy atom. The maximum atomic E-state index is 8.61. The van der Waals surface area contributed by atoms with Gasteiger partial charge in [0.15, 0.2) is 0 Å². The number of hydrogen-bond donors (Lipinski definition) is 2. The predicted molar refractivity (Wildman–Crippen MR) is 26.3 cm³/mol. The normalized spacial score (nSPS) is 7.67. The van der Waals surface area contributed by atoms with Crippen LogP contribution in [0.1, 0.15) is 13.8 Å². The van der Waals surface area contributed by atoms with E-state index in [1.807, 2.05) is 13.8 Å². The van der Waals surface area contributed by atoms with Gasteiger partial charge in [-0.05, 0) is 5.92 Å². The molecule has 0 aliphatic rings. The summed E-state index contributed by atoms with van der Waals surface area (Å²) in [6.07, 6.45) is 0. The molecule has 5 heteroatoms. The van der Waals surface area contributed by atoms with Gasteiger partial charge in [0.2, 0.25) is 0 Å². The molecule has 0 amide bonds. The fourth-order valence-corrected chi connectivity index (χ4v) is 0.149. The van der Waals surface area contributed by atoms with E-state index in [0.717, 1.165) is 0 Å². The van der Waals surface area contributed by atoms with Crippen LogP contribution in [0.2, 0.25) is 0 Å². The minimum atomic E-state index is -1.75. The molecule has 0 aliphatic carbocycles. The molecule has 0 spiro atoms. The van der Waals surface area contributed by atoms with E-state index in [4.69, 9.17) is 12.3 Å². The van der Waals surface area contributed by atoms with Gasteiger partial charge in [-0.15, -0.1) is 0 Å². The van der Waals surface area contributed by atoms with Crippen LogP contribution in [0, 0.1) is 5.92 Å². The van der Waals surface area contributed by atoms with Gasteiger partial charge < -0.3 is 0 Å². The van der Waals surface area contributed by atoms with Crippen LogP contribution in [0.4, 0.5) is 0 Å². The van der Waals surface area contributed by atoms with Gasteiger partial charge in [0.05, 0.1) is 6.61 Å². The van der Waals surface area contributed by atoms with Crippen molar-refractivity contribution in [1.29, 1.82) is 0 Å². The van der Waals surface area contributed by atoms with Crippen molar-refractivity contribution in [3.05, 3.63) is 0 Å². The van der Waals surface area contributed by atoms with E-state index < -0.39 is 19.5 Å². The number of rotatable bonds is 2. The predicted octanol–water partition coefficient (Wildman–Crippen LogP) is 0.454. The molecule has 55 valence electrons. The van der Waals surface area contributed by atoms with Crippen LogP contribution in [0.5, 0.6) is 0 Å². The minimum absolute atomic E-state index is 0.426. The Bertz CT molecular complexity index is 56.5. The van der Waals surface area contributed by atoms with Crippen molar-refractivity contribution in [2.24, 2.45) is 5.92 Å². The van der Waals surface area contributed by atoms with Gasteiger partial charge in [0.1, 0.15) is 0 Å². The van der Waals surface area contributed by atoms with Crippen molar-refractivity contribution in [3.8, 4) is 0 Å². The fourth-order valence-electron chi connectivity index (χ4n) is 0.149. The Labute approximate surface area is 63.5 Å². The van der Waals surface area contributed by atoms with Crippen LogP contribution in [-0.4, -0.2) is 15.6 Å². The summed E-state index contributed by atoms with van der Waals surface area (Å²) in [7, 11) is 0. The molecule has 0 aromatic rings. The van der Waals surface area contributed by atoms with E-state index in [9.17, 15) is 0 Å². The zero-order valence-corrected chi connectivity index (χ0v) is 7.06. The third-order valence-corrected chi connectivity index (χ3v) is 0.408. The van der Waals surface area contributed by atoms with Crippen molar-refractivity contribution in [3.63, 3.8) is 0 Å². The summed E-state index contributed by atoms with van der Waals surface area (Å²) in [5.74, 6) is 0.426. The second-order valence-corrected chi connectivity index (χ2v) is 2.07. The van der Waals surface area contributed by atoms with E-state index >= 15 is 0 Å². The van der Waals surface area contributed by atoms with E-state index in [-0.39, 0.29) is 0 Å². The molecule has 0 unspecified atom stereocenters. The van der Waals surface area contributed by atoms with E-state index in [1.165, 1.54) is 0 Å². The summed E-state index contributed by atoms with van der Waals surface area (Å²) in [6.45, 7) is 4.37. The van der Waals surface area contributed by atoms with Crippen molar-refractivity contribution >= 4 is 0 Å². The van der Waals surface area contributed by atoms with Gasteiger partial charge in [-0.2, -0.15) is 0 Å². The average Bonchev–Trinajstić information content (AvgIpc) is 1.67. The summed E-state index contributed by atoms with van der Waals surface area (Å²) in [6, 6.07) is 0. The quantitative estimate of drug-likeness (QED) is 0.359. The molecule has 0 heterocycles. The molecule has 9 heavy (non-hydrogen) atoms. The van der Waals surface area contributed by atoms with Gasteiger partial charge in [-0.25, -0.2) is 4.89 Å². The molecular formula is C4H11O4Ti. The Balaban J connectivity index is 0. The Hall–Kier alpha value is 0.394. The first kappa shape index (κ1) is 12.1. The molecule has 0 aliphatic heterocycles. The molecule has 4 nitrogen and oxygen atoms in total. The second kappa shape index (κ2) is 11.2. The molecular weight excluding hydrogens is 160 g/mol. The van der Waals surface area contributed by atoms with Crippen LogP contribution in [-0.2, 0) is 27.7 Å². The number of hydrogen-bond acceptors (Lipinski definition) is 3. The van der Waals surface area contributed by atoms with Crippen LogP contribution in [0.15, 0.2) is 0 Å². The third-order valence-electron chi connectivity index (χ3n) is 0.408. The Morgan fingerprint density at radius 3 is 2.00 bits per heavy atom. The zero-order chi connectivity index (χ0) is 7.70. The fraction of sp³-hybridized carbons (Fsp3) is 1.00. The van der Waals surface area contributed by atoms with Gasteiger partial charge in [0, 0.05) is 0 Å². The first-order valence-electron chi connectivity index (χ1n) is 2.46. The van der Waals surface area contributed by atoms with E-state index in [1.54, 1.807) is 0 Å². The van der Waals surface area contributed by atoms with Gasteiger partial charge >= 0.3 is 26.5 Å². The maximum absolute atomic E-state index is 8.61. The first-order chi connectivity index (χ1) is 4.18. The van der Waals surface area contributed by atoms with Crippen molar-refractivity contribution < 1.29 is 36.7 Å². The molecule has 0 atom stereocenters. The monoisotopic (exact) mass is 171 g/mol. The van der Waals surface area contributed by atoms with Crippen LogP contribution in [0.3, 0.4) is 0 Å². The Morgan fingerprint density at radius 2 is 2.00 bits per heavy atom. The standard InChI is InChI=1S/C4H10O2.H2O.O.Ti/c1-4(2)3-6-5;;;/h4-5H,3H2,1-2H3;1H2;;/q;;;+1/p-1. The van der Waals surface area contributed by atoms with Gasteiger partial charge in [0.25, 0.3) is 0 Å². The molecule has 0 aromatic heterocycles. The van der Waals surface area contributed by atoms with Gasteiger partial charge in [-0.1, -0.05) is 13.8 Å². The summed E-state index contributed by atoms with van der Waals surface area (Å²) < 4.78 is 15.8. The molecule has 0 saturated carbocycles. The SMILES string of the molecule is CC(C)COO.[O]=[Ti][OH]. The molecule has 0 aromatic carbocycles. The summed E-state index contributed by atoms with van der Waals surface area (Å²) in [5.41, 5.74) is 0. The summed E-state index contributed by atoms with van der Waals surface area (Å²) in [5, 5.41) is 7.74. The van der Waals surface area contributed by atoms with Crippen LogP contribution < -0.4 is 0 Å². The zero-order valence-electron chi connectivity index (χ0n) is 5.50. The summed E-state index contributed by atoms with van der Waals surface area (Å²) >= 11 is -1.75. The van der Waals surface area contributed by atoms with Crippen LogP contribution in [0.25, 0.3) is 0 Å². The molecule has 0 radical (unpaired) electrons. The second-order valence-electron chi connectivity index (χ2n) is 1.78. The molecule has 0 fully saturated rings. The summed E-state index contributed by atoms with van der Waals surface area (Å²) in [4.78, 5) is 3.80. The van der Waals surface area contributed by atoms with Crippen LogP contribution >= 0.6 is 0 Å². The van der Waals surface area contributed by atoms with Crippen molar-refractivity contribution in [2.45, 2.75) is 13.8 Å². The molecule has 2 N–H and O–H groups in total. The van der Waals surface area contributed by atoms with E-state index in [2.05, 4.69) is 4.89 Å². The van der Waals surface area contributed by atoms with Crippen molar-refractivity contribution in [2.75, 3.05) is 6.61 Å². The third kappa shape index (κ3) is 29.8. The first-order valence-corrected chi connectivity index (χ1v) is 3.80. The molecule has 0 bridgehead atoms. The topological polar surface area (TPSA) is 66.8 Å². The molecule has 0 saturated heterocycles. The van der Waals surface area contributed by atoms with E-state index in [0.29, 0.717) is 12.5 Å². The Kier molecular flexibility index (Phi) is 15.1. The average molecular weight is 171 g/mol. The van der Waals surface area contributed by atoms with Gasteiger partial charge in [-0.3, -0.25) is 5.26 Å². The van der Waals surface area contributed by atoms with Crippen molar-refractivity contribution in [1.82, 2.24) is 0 Å².